The number of aliphatic hydroxyl groups is 1. The third-order valence-electron chi connectivity index (χ3n) is 3.20. The van der Waals surface area contributed by atoms with Crippen molar-refractivity contribution < 1.29 is 5.11 Å². The molecule has 0 heterocycles. The average Bonchev–Trinajstić information content (AvgIpc) is 3.06. The van der Waals surface area contributed by atoms with E-state index in [1.165, 1.54) is 32.2 Å². The maximum atomic E-state index is 8.95. The molecule has 1 fully saturated rings. The van der Waals surface area contributed by atoms with E-state index in [2.05, 4.69) is 17.1 Å². The molecule has 0 bridgehead atoms. The first-order valence-electron chi connectivity index (χ1n) is 6.34. The highest BCUT2D eigenvalue weighted by Gasteiger charge is 2.29. The lowest BCUT2D eigenvalue weighted by Gasteiger charge is -2.27. The highest BCUT2D eigenvalue weighted by molar-refractivity contribution is 4.86. The quantitative estimate of drug-likeness (QED) is 0.606. The molecule has 1 atom stereocenters. The Bertz CT molecular complexity index is 160. The van der Waals surface area contributed by atoms with Gasteiger partial charge < -0.3 is 10.4 Å². The molecular weight excluding hydrogens is 188 g/mol. The summed E-state index contributed by atoms with van der Waals surface area (Å²) in [4.78, 5) is 2.60. The number of nitrogens with one attached hydrogen (secondary N) is 1. The van der Waals surface area contributed by atoms with Crippen LogP contribution < -0.4 is 5.32 Å². The molecule has 0 spiro atoms. The van der Waals surface area contributed by atoms with Gasteiger partial charge >= 0.3 is 0 Å². The van der Waals surface area contributed by atoms with Crippen LogP contribution in [0.2, 0.25) is 0 Å². The van der Waals surface area contributed by atoms with Crippen molar-refractivity contribution in [1.82, 2.24) is 10.2 Å². The van der Waals surface area contributed by atoms with Crippen LogP contribution in [0.3, 0.4) is 0 Å². The van der Waals surface area contributed by atoms with Gasteiger partial charge in [-0.1, -0.05) is 13.3 Å². The maximum Gasteiger partial charge on any atom is 0.0446 e. The summed E-state index contributed by atoms with van der Waals surface area (Å²) in [5, 5.41) is 12.2. The van der Waals surface area contributed by atoms with E-state index in [0.717, 1.165) is 19.0 Å². The Morgan fingerprint density at radius 2 is 2.20 bits per heavy atom. The van der Waals surface area contributed by atoms with Crippen molar-refractivity contribution in [3.63, 3.8) is 0 Å². The molecular formula is C12H26N2O. The van der Waals surface area contributed by atoms with Gasteiger partial charge in [-0.2, -0.15) is 0 Å². The zero-order chi connectivity index (χ0) is 11.1. The molecule has 2 N–H and O–H groups in total. The second-order valence-electron chi connectivity index (χ2n) is 4.58. The smallest absolute Gasteiger partial charge is 0.0446 e. The first-order valence-corrected chi connectivity index (χ1v) is 6.34. The molecule has 0 radical (unpaired) electrons. The van der Waals surface area contributed by atoms with Gasteiger partial charge in [0.15, 0.2) is 0 Å². The number of unbranched alkanes of at least 4 members (excludes halogenated alkanes) is 1. The molecule has 3 nitrogen and oxygen atoms in total. The van der Waals surface area contributed by atoms with Gasteiger partial charge in [0.25, 0.3) is 0 Å². The minimum Gasteiger partial charge on any atom is -0.396 e. The Labute approximate surface area is 93.9 Å². The van der Waals surface area contributed by atoms with E-state index in [-0.39, 0.29) is 6.61 Å². The number of rotatable bonds is 9. The van der Waals surface area contributed by atoms with Crippen molar-refractivity contribution >= 4 is 0 Å². The summed E-state index contributed by atoms with van der Waals surface area (Å²) in [6, 6.07) is 1.29. The fraction of sp³-hybridized carbons (Fsp3) is 1.00. The van der Waals surface area contributed by atoms with E-state index in [0.29, 0.717) is 6.04 Å². The van der Waals surface area contributed by atoms with Crippen LogP contribution in [0.5, 0.6) is 0 Å². The molecule has 1 aliphatic carbocycles. The van der Waals surface area contributed by atoms with Crippen molar-refractivity contribution in [3.05, 3.63) is 0 Å². The van der Waals surface area contributed by atoms with Gasteiger partial charge in [-0.3, -0.25) is 4.90 Å². The van der Waals surface area contributed by atoms with E-state index in [9.17, 15) is 0 Å². The minimum absolute atomic E-state index is 0.289. The molecule has 1 aliphatic rings. The molecule has 0 aromatic rings. The third-order valence-corrected chi connectivity index (χ3v) is 3.20. The van der Waals surface area contributed by atoms with E-state index >= 15 is 0 Å². The van der Waals surface area contributed by atoms with E-state index < -0.39 is 0 Å². The Morgan fingerprint density at radius 3 is 2.67 bits per heavy atom. The topological polar surface area (TPSA) is 35.5 Å². The van der Waals surface area contributed by atoms with Crippen LogP contribution in [0.1, 0.15) is 39.0 Å². The summed E-state index contributed by atoms with van der Waals surface area (Å²) >= 11 is 0. The van der Waals surface area contributed by atoms with Crippen molar-refractivity contribution in [1.29, 1.82) is 0 Å². The van der Waals surface area contributed by atoms with Gasteiger partial charge in [-0.05, 0) is 39.3 Å². The van der Waals surface area contributed by atoms with Crippen LogP contribution in [-0.4, -0.2) is 48.8 Å². The highest BCUT2D eigenvalue weighted by atomic mass is 16.3. The fourth-order valence-electron chi connectivity index (χ4n) is 1.99. The summed E-state index contributed by atoms with van der Waals surface area (Å²) in [7, 11) is 1.99. The largest absolute Gasteiger partial charge is 0.396 e. The molecule has 1 saturated carbocycles. The summed E-state index contributed by atoms with van der Waals surface area (Å²) in [5.41, 5.74) is 0. The fourth-order valence-corrected chi connectivity index (χ4v) is 1.99. The number of nitrogens with zero attached hydrogens (tertiary/aromatic N) is 1. The average molecular weight is 214 g/mol. The molecule has 15 heavy (non-hydrogen) atoms. The molecule has 0 saturated heterocycles. The van der Waals surface area contributed by atoms with Crippen molar-refractivity contribution in [2.24, 2.45) is 0 Å². The second kappa shape index (κ2) is 7.20. The lowest BCUT2D eigenvalue weighted by molar-refractivity contribution is 0.203. The van der Waals surface area contributed by atoms with Crippen LogP contribution in [0.15, 0.2) is 0 Å². The van der Waals surface area contributed by atoms with Gasteiger partial charge in [0.1, 0.15) is 0 Å². The Hall–Kier alpha value is -0.120. The van der Waals surface area contributed by atoms with Crippen LogP contribution >= 0.6 is 0 Å². The Kier molecular flexibility index (Phi) is 6.22. The van der Waals surface area contributed by atoms with Crippen LogP contribution in [-0.2, 0) is 0 Å². The molecule has 1 unspecified atom stereocenters. The van der Waals surface area contributed by atoms with E-state index in [1.807, 2.05) is 7.05 Å². The second-order valence-corrected chi connectivity index (χ2v) is 4.58. The number of hydrogen-bond acceptors (Lipinski definition) is 3. The standard InChI is InChI=1S/C12H26N2O/c1-3-4-8-14(12-5-6-12)10-11(13-2)7-9-15/h11-13,15H,3-10H2,1-2H3. The maximum absolute atomic E-state index is 8.95. The number of hydrogen-bond donors (Lipinski definition) is 2. The zero-order valence-corrected chi connectivity index (χ0v) is 10.2. The van der Waals surface area contributed by atoms with Crippen LogP contribution in [0.25, 0.3) is 0 Å². The van der Waals surface area contributed by atoms with E-state index in [4.69, 9.17) is 5.11 Å². The SMILES string of the molecule is CCCCN(CC(CCO)NC)C1CC1. The Balaban J connectivity index is 2.27. The predicted octanol–water partition coefficient (Wildman–Crippen LogP) is 1.22. The summed E-state index contributed by atoms with van der Waals surface area (Å²) in [6.07, 6.45) is 6.18. The number of aliphatic hydroxyl groups excluding tert-OH is 1. The first-order chi connectivity index (χ1) is 7.31. The molecule has 0 aromatic carbocycles. The van der Waals surface area contributed by atoms with E-state index in [1.54, 1.807) is 0 Å². The third kappa shape index (κ3) is 4.96. The molecule has 0 aromatic heterocycles. The molecule has 0 aliphatic heterocycles. The number of likely N-dealkylation sites (N-methyl/N-ethyl adjacent to an activating group) is 1. The van der Waals surface area contributed by atoms with Gasteiger partial charge in [0.2, 0.25) is 0 Å². The Morgan fingerprint density at radius 1 is 1.47 bits per heavy atom. The predicted molar refractivity (Wildman–Crippen MR) is 64.1 cm³/mol. The first kappa shape index (κ1) is 12.9. The monoisotopic (exact) mass is 214 g/mol. The minimum atomic E-state index is 0.289. The molecule has 0 amide bonds. The van der Waals surface area contributed by atoms with Crippen molar-refractivity contribution in [3.8, 4) is 0 Å². The molecule has 90 valence electrons. The van der Waals surface area contributed by atoms with Gasteiger partial charge in [-0.25, -0.2) is 0 Å². The lowest BCUT2D eigenvalue weighted by atomic mass is 10.2. The summed E-state index contributed by atoms with van der Waals surface area (Å²) in [5.74, 6) is 0. The summed E-state index contributed by atoms with van der Waals surface area (Å²) < 4.78 is 0. The normalized spacial score (nSPS) is 18.4. The molecule has 3 heteroatoms. The summed E-state index contributed by atoms with van der Waals surface area (Å²) in [6.45, 7) is 4.86. The van der Waals surface area contributed by atoms with Crippen LogP contribution in [0.4, 0.5) is 0 Å². The van der Waals surface area contributed by atoms with Crippen molar-refractivity contribution in [2.45, 2.75) is 51.1 Å². The zero-order valence-electron chi connectivity index (χ0n) is 10.2. The highest BCUT2D eigenvalue weighted by Crippen LogP contribution is 2.27. The lowest BCUT2D eigenvalue weighted by Crippen LogP contribution is -2.41. The molecule has 1 rings (SSSR count). The van der Waals surface area contributed by atoms with Gasteiger partial charge in [-0.15, -0.1) is 0 Å². The van der Waals surface area contributed by atoms with Crippen molar-refractivity contribution in [2.75, 3.05) is 26.7 Å². The van der Waals surface area contributed by atoms with Crippen LogP contribution in [0, 0.1) is 0 Å². The van der Waals surface area contributed by atoms with Gasteiger partial charge in [0, 0.05) is 25.2 Å². The van der Waals surface area contributed by atoms with Gasteiger partial charge in [0.05, 0.1) is 0 Å².